The summed E-state index contributed by atoms with van der Waals surface area (Å²) in [7, 11) is 0. The van der Waals surface area contributed by atoms with Gasteiger partial charge in [-0.1, -0.05) is 13.5 Å². The van der Waals surface area contributed by atoms with Crippen LogP contribution in [0.4, 0.5) is 4.39 Å². The predicted octanol–water partition coefficient (Wildman–Crippen LogP) is 3.36. The van der Waals surface area contributed by atoms with Gasteiger partial charge in [-0.25, -0.2) is 4.39 Å². The minimum absolute atomic E-state index is 0.354. The van der Waals surface area contributed by atoms with E-state index in [9.17, 15) is 4.39 Å². The Bertz CT molecular complexity index is 263. The van der Waals surface area contributed by atoms with Crippen molar-refractivity contribution >= 4 is 0 Å². The van der Waals surface area contributed by atoms with Gasteiger partial charge in [0.15, 0.2) is 0 Å². The van der Waals surface area contributed by atoms with Crippen molar-refractivity contribution in [3.05, 3.63) is 35.9 Å². The molecule has 1 nitrogen and oxygen atoms in total. The molecule has 0 aliphatic carbocycles. The second-order valence-electron chi connectivity index (χ2n) is 3.24. The lowest BCUT2D eigenvalue weighted by molar-refractivity contribution is 0.172. The van der Waals surface area contributed by atoms with Gasteiger partial charge in [-0.15, -0.1) is 0 Å². The molecule has 1 saturated heterocycles. The van der Waals surface area contributed by atoms with Gasteiger partial charge in [0.2, 0.25) is 0 Å². The highest BCUT2D eigenvalue weighted by Crippen LogP contribution is 2.29. The van der Waals surface area contributed by atoms with E-state index in [0.717, 1.165) is 24.4 Å². The maximum Gasteiger partial charge on any atom is 0.118 e. The van der Waals surface area contributed by atoms with Crippen LogP contribution in [0.3, 0.4) is 0 Å². The van der Waals surface area contributed by atoms with Crippen LogP contribution in [0.25, 0.3) is 0 Å². The molecule has 0 bridgehead atoms. The summed E-state index contributed by atoms with van der Waals surface area (Å²) in [4.78, 5) is 0. The number of hydrogen-bond acceptors (Lipinski definition) is 1. The van der Waals surface area contributed by atoms with Crippen molar-refractivity contribution in [1.29, 1.82) is 0 Å². The summed E-state index contributed by atoms with van der Waals surface area (Å²) in [5.41, 5.74) is 0.918. The van der Waals surface area contributed by atoms with Gasteiger partial charge < -0.3 is 4.74 Å². The summed E-state index contributed by atoms with van der Waals surface area (Å²) in [6, 6.07) is 0. The molecule has 0 aromatic rings. The van der Waals surface area contributed by atoms with Crippen LogP contribution in [0.5, 0.6) is 0 Å². The highest BCUT2D eigenvalue weighted by atomic mass is 19.1. The van der Waals surface area contributed by atoms with Gasteiger partial charge in [0.05, 0.1) is 6.61 Å². The largest absolute Gasteiger partial charge is 0.494 e. The maximum absolute atomic E-state index is 12.6. The Hall–Kier alpha value is -1.05. The van der Waals surface area contributed by atoms with Crippen LogP contribution in [-0.2, 0) is 4.74 Å². The Morgan fingerprint density at radius 2 is 2.38 bits per heavy atom. The Kier molecular flexibility index (Phi) is 3.29. The SMILES string of the molecule is C=C(F)/C=C1\C(=C/C)OCCC1C. The van der Waals surface area contributed by atoms with Crippen molar-refractivity contribution in [2.45, 2.75) is 20.3 Å². The van der Waals surface area contributed by atoms with E-state index in [1.807, 2.05) is 13.0 Å². The van der Waals surface area contributed by atoms with Gasteiger partial charge >= 0.3 is 0 Å². The fraction of sp³-hybridized carbons (Fsp3) is 0.455. The third-order valence-electron chi connectivity index (χ3n) is 2.20. The van der Waals surface area contributed by atoms with Gasteiger partial charge in [0.1, 0.15) is 11.6 Å². The van der Waals surface area contributed by atoms with Gasteiger partial charge in [-0.2, -0.15) is 0 Å². The molecule has 0 spiro atoms. The summed E-state index contributed by atoms with van der Waals surface area (Å²) in [6.45, 7) is 7.91. The molecule has 72 valence electrons. The van der Waals surface area contributed by atoms with Crippen LogP contribution < -0.4 is 0 Å². The fourth-order valence-electron chi connectivity index (χ4n) is 1.46. The molecule has 0 aromatic carbocycles. The number of halogens is 1. The average Bonchev–Trinajstić information content (AvgIpc) is 2.08. The average molecular weight is 182 g/mol. The fourth-order valence-corrected chi connectivity index (χ4v) is 1.46. The molecule has 1 rings (SSSR count). The van der Waals surface area contributed by atoms with Crippen molar-refractivity contribution in [1.82, 2.24) is 0 Å². The minimum atomic E-state index is -0.410. The van der Waals surface area contributed by atoms with Crippen molar-refractivity contribution in [2.24, 2.45) is 5.92 Å². The van der Waals surface area contributed by atoms with Gasteiger partial charge in [-0.3, -0.25) is 0 Å². The number of rotatable bonds is 1. The first-order valence-corrected chi connectivity index (χ1v) is 4.50. The van der Waals surface area contributed by atoms with Gasteiger partial charge in [0, 0.05) is 0 Å². The van der Waals surface area contributed by atoms with Crippen molar-refractivity contribution in [2.75, 3.05) is 6.61 Å². The van der Waals surface area contributed by atoms with Crippen LogP contribution >= 0.6 is 0 Å². The summed E-state index contributed by atoms with van der Waals surface area (Å²) >= 11 is 0. The highest BCUT2D eigenvalue weighted by Gasteiger charge is 2.19. The van der Waals surface area contributed by atoms with E-state index < -0.39 is 5.83 Å². The van der Waals surface area contributed by atoms with Crippen LogP contribution in [0, 0.1) is 5.92 Å². The first kappa shape index (κ1) is 10.0. The smallest absolute Gasteiger partial charge is 0.118 e. The highest BCUT2D eigenvalue weighted by molar-refractivity contribution is 5.33. The molecular weight excluding hydrogens is 167 g/mol. The lowest BCUT2D eigenvalue weighted by atomic mass is 9.93. The number of hydrogen-bond donors (Lipinski definition) is 0. The topological polar surface area (TPSA) is 9.23 Å². The zero-order valence-electron chi connectivity index (χ0n) is 8.14. The lowest BCUT2D eigenvalue weighted by Crippen LogP contribution is -2.15. The summed E-state index contributed by atoms with van der Waals surface area (Å²) in [6.07, 6.45) is 4.26. The lowest BCUT2D eigenvalue weighted by Gasteiger charge is -2.25. The van der Waals surface area contributed by atoms with Crippen molar-refractivity contribution < 1.29 is 9.13 Å². The first-order valence-electron chi connectivity index (χ1n) is 4.50. The molecule has 1 aliphatic heterocycles. The number of ether oxygens (including phenoxy) is 1. The van der Waals surface area contributed by atoms with Crippen LogP contribution in [0.1, 0.15) is 20.3 Å². The molecule has 0 saturated carbocycles. The van der Waals surface area contributed by atoms with Crippen LogP contribution in [0.2, 0.25) is 0 Å². The standard InChI is InChI=1S/C11H15FO/c1-4-11-10(7-9(3)12)8(2)5-6-13-11/h4,7-8H,3,5-6H2,1-2H3/b10-7-,11-4+. The van der Waals surface area contributed by atoms with E-state index in [1.165, 1.54) is 6.08 Å². The Morgan fingerprint density at radius 3 is 2.92 bits per heavy atom. The molecule has 2 heteroatoms. The van der Waals surface area contributed by atoms with Gasteiger partial charge in [-0.05, 0) is 37.0 Å². The molecular formula is C11H15FO. The molecule has 1 heterocycles. The Labute approximate surface area is 78.6 Å². The molecule has 0 N–H and O–H groups in total. The molecule has 0 radical (unpaired) electrons. The van der Waals surface area contributed by atoms with Crippen LogP contribution in [0.15, 0.2) is 35.9 Å². The van der Waals surface area contributed by atoms with Crippen molar-refractivity contribution in [3.63, 3.8) is 0 Å². The summed E-state index contributed by atoms with van der Waals surface area (Å²) in [5.74, 6) is 0.733. The first-order chi connectivity index (χ1) is 6.15. The quantitative estimate of drug-likeness (QED) is 0.604. The summed E-state index contributed by atoms with van der Waals surface area (Å²) in [5, 5.41) is 0. The van der Waals surface area contributed by atoms with E-state index in [-0.39, 0.29) is 0 Å². The van der Waals surface area contributed by atoms with Crippen LogP contribution in [-0.4, -0.2) is 6.61 Å². The molecule has 1 unspecified atom stereocenters. The van der Waals surface area contributed by atoms with E-state index >= 15 is 0 Å². The Balaban J connectivity index is 2.92. The molecule has 0 amide bonds. The normalized spacial score (nSPS) is 29.0. The molecule has 1 atom stereocenters. The Morgan fingerprint density at radius 1 is 1.69 bits per heavy atom. The molecule has 13 heavy (non-hydrogen) atoms. The van der Waals surface area contributed by atoms with Crippen molar-refractivity contribution in [3.8, 4) is 0 Å². The predicted molar refractivity (Wildman–Crippen MR) is 51.8 cm³/mol. The van der Waals surface area contributed by atoms with E-state index in [4.69, 9.17) is 4.74 Å². The minimum Gasteiger partial charge on any atom is -0.494 e. The number of allylic oxidation sites excluding steroid dienone is 4. The third-order valence-corrected chi connectivity index (χ3v) is 2.20. The van der Waals surface area contributed by atoms with E-state index in [1.54, 1.807) is 0 Å². The van der Waals surface area contributed by atoms with Gasteiger partial charge in [0.25, 0.3) is 0 Å². The second kappa shape index (κ2) is 4.26. The monoisotopic (exact) mass is 182 g/mol. The zero-order valence-corrected chi connectivity index (χ0v) is 8.14. The summed E-state index contributed by atoms with van der Waals surface area (Å²) < 4.78 is 18.0. The van der Waals surface area contributed by atoms with E-state index in [0.29, 0.717) is 5.92 Å². The second-order valence-corrected chi connectivity index (χ2v) is 3.24. The molecule has 1 fully saturated rings. The molecule has 1 aliphatic rings. The van der Waals surface area contributed by atoms with E-state index in [2.05, 4.69) is 13.5 Å². The zero-order chi connectivity index (χ0) is 9.84. The maximum atomic E-state index is 12.6. The third kappa shape index (κ3) is 2.44. The molecule has 0 aromatic heterocycles.